The number of methoxy groups -OCH3 is 1. The van der Waals surface area contributed by atoms with Crippen molar-refractivity contribution in [2.75, 3.05) is 51.4 Å². The first kappa shape index (κ1) is 24.4. The van der Waals surface area contributed by atoms with Crippen LogP contribution in [0.25, 0.3) is 32.2 Å². The monoisotopic (exact) mass is 547 g/mol. The molecule has 0 saturated carbocycles. The Kier molecular flexibility index (Phi) is 6.24. The highest BCUT2D eigenvalue weighted by Gasteiger charge is 2.34. The molecule has 13 heteroatoms. The van der Waals surface area contributed by atoms with Gasteiger partial charge in [0.2, 0.25) is 0 Å². The lowest BCUT2D eigenvalue weighted by molar-refractivity contribution is 0.0301. The number of halogens is 3. The van der Waals surface area contributed by atoms with E-state index in [2.05, 4.69) is 30.5 Å². The van der Waals surface area contributed by atoms with Crippen LogP contribution in [0.1, 0.15) is 0 Å². The third-order valence-corrected chi connectivity index (χ3v) is 7.91. The van der Waals surface area contributed by atoms with Gasteiger partial charge in [0.25, 0.3) is 0 Å². The van der Waals surface area contributed by atoms with E-state index in [9.17, 15) is 4.39 Å². The summed E-state index contributed by atoms with van der Waals surface area (Å²) >= 11 is 7.63. The highest BCUT2D eigenvalue weighted by Crippen LogP contribution is 2.42. The van der Waals surface area contributed by atoms with Gasteiger partial charge < -0.3 is 25.8 Å². The molecular formula is C24H24ClF2N7O2S. The normalized spacial score (nSPS) is 20.6. The van der Waals surface area contributed by atoms with Crippen LogP contribution in [0.4, 0.5) is 19.7 Å². The molecular weight excluding hydrogens is 524 g/mol. The fourth-order valence-corrected chi connectivity index (χ4v) is 5.82. The highest BCUT2D eigenvalue weighted by molar-refractivity contribution is 7.22. The first-order valence-electron chi connectivity index (χ1n) is 11.7. The maximum atomic E-state index is 16.3. The molecule has 0 spiro atoms. The van der Waals surface area contributed by atoms with Gasteiger partial charge in [0.15, 0.2) is 10.9 Å². The Hall–Kier alpha value is -2.90. The molecule has 37 heavy (non-hydrogen) atoms. The minimum absolute atomic E-state index is 0.0268. The minimum atomic E-state index is -0.684. The predicted octanol–water partition coefficient (Wildman–Crippen LogP) is 3.51. The largest absolute Gasteiger partial charge is 0.456 e. The first-order chi connectivity index (χ1) is 17.8. The number of ether oxygens (including phenoxy) is 2. The fraction of sp³-hybridized carbons (Fsp3) is 0.375. The summed E-state index contributed by atoms with van der Waals surface area (Å²) in [5.41, 5.74) is 6.49. The highest BCUT2D eigenvalue weighted by atomic mass is 35.5. The van der Waals surface area contributed by atoms with Crippen molar-refractivity contribution in [3.05, 3.63) is 34.9 Å². The molecule has 2 saturated heterocycles. The first-order valence-corrected chi connectivity index (χ1v) is 12.9. The van der Waals surface area contributed by atoms with E-state index >= 15 is 4.39 Å². The second kappa shape index (κ2) is 9.44. The number of nitrogens with zero attached hydrogens (tertiary/aromatic N) is 4. The van der Waals surface area contributed by atoms with Crippen molar-refractivity contribution in [1.29, 1.82) is 0 Å². The van der Waals surface area contributed by atoms with Crippen LogP contribution >= 0.6 is 22.9 Å². The van der Waals surface area contributed by atoms with Crippen LogP contribution in [0.3, 0.4) is 0 Å². The van der Waals surface area contributed by atoms with Gasteiger partial charge in [-0.25, -0.2) is 13.8 Å². The number of nitrogen functional groups attached to an aromatic ring is 1. The molecule has 0 aliphatic carbocycles. The van der Waals surface area contributed by atoms with E-state index in [0.717, 1.165) is 24.4 Å². The minimum Gasteiger partial charge on any atom is -0.456 e. The molecule has 2 atom stereocenters. The van der Waals surface area contributed by atoms with Crippen molar-refractivity contribution in [1.82, 2.24) is 25.2 Å². The maximum Gasteiger partial charge on any atom is 0.319 e. The van der Waals surface area contributed by atoms with Crippen molar-refractivity contribution >= 4 is 55.0 Å². The number of rotatable bonds is 6. The Morgan fingerprint density at radius 3 is 2.68 bits per heavy atom. The maximum absolute atomic E-state index is 16.3. The molecule has 2 aliphatic rings. The number of anilines is 2. The molecule has 2 aliphatic heterocycles. The van der Waals surface area contributed by atoms with Crippen LogP contribution in [0.15, 0.2) is 18.2 Å². The molecule has 4 heterocycles. The molecule has 194 valence electrons. The molecule has 4 N–H and O–H groups in total. The lowest BCUT2D eigenvalue weighted by Gasteiger charge is -2.29. The summed E-state index contributed by atoms with van der Waals surface area (Å²) in [4.78, 5) is 15.4. The zero-order chi connectivity index (χ0) is 25.8. The molecule has 0 radical (unpaired) electrons. The Bertz CT molecular complexity index is 1520. The van der Waals surface area contributed by atoms with Crippen molar-refractivity contribution in [3.63, 3.8) is 0 Å². The number of benzene rings is 2. The lowest BCUT2D eigenvalue weighted by Crippen LogP contribution is -2.51. The van der Waals surface area contributed by atoms with Crippen LogP contribution in [-0.4, -0.2) is 78.4 Å². The molecule has 2 fully saturated rings. The number of aromatic nitrogens is 3. The summed E-state index contributed by atoms with van der Waals surface area (Å²) in [6.45, 7) is 2.79. The number of hydrogen-bond acceptors (Lipinski definition) is 10. The van der Waals surface area contributed by atoms with Gasteiger partial charge in [-0.3, -0.25) is 4.90 Å². The number of nitrogens with one attached hydrogen (secondary N) is 2. The van der Waals surface area contributed by atoms with Crippen molar-refractivity contribution in [3.8, 4) is 17.1 Å². The van der Waals surface area contributed by atoms with Crippen LogP contribution in [0.2, 0.25) is 5.02 Å². The van der Waals surface area contributed by atoms with Gasteiger partial charge in [-0.1, -0.05) is 22.9 Å². The van der Waals surface area contributed by atoms with Gasteiger partial charge in [-0.15, -0.1) is 0 Å². The van der Waals surface area contributed by atoms with Crippen LogP contribution < -0.4 is 21.1 Å². The summed E-state index contributed by atoms with van der Waals surface area (Å²) in [5, 5.41) is 7.23. The van der Waals surface area contributed by atoms with Gasteiger partial charge in [0, 0.05) is 49.8 Å². The fourth-order valence-electron chi connectivity index (χ4n) is 4.76. The number of hydrogen-bond donors (Lipinski definition) is 3. The lowest BCUT2D eigenvalue weighted by atomic mass is 10.0. The van der Waals surface area contributed by atoms with Gasteiger partial charge in [0.05, 0.1) is 21.3 Å². The number of likely N-dealkylation sites (tertiary alicyclic amines) is 1. The zero-order valence-corrected chi connectivity index (χ0v) is 21.6. The van der Waals surface area contributed by atoms with Gasteiger partial charge >= 0.3 is 6.01 Å². The Morgan fingerprint density at radius 2 is 1.95 bits per heavy atom. The predicted molar refractivity (Wildman–Crippen MR) is 140 cm³/mol. The molecule has 0 unspecified atom stereocenters. The molecule has 2 aromatic carbocycles. The Balaban J connectivity index is 1.51. The standard InChI is InChI=1S/C24H24ClF2N7O2S/c1-34-8-15(35-2)16(9-34)36-24-32-19-12(22(33-24)30-10-6-29-7-10)5-13(25)17(18(19)27)11-3-4-14(26)21-20(11)31-23(28)37-21/h3-5,10,15-16,29H,6-9H2,1-2H3,(H2,28,31)(H,30,32,33)/t15-,16-/m1/s1. The summed E-state index contributed by atoms with van der Waals surface area (Å²) in [7, 11) is 3.59. The SMILES string of the molecule is CO[C@@H]1CN(C)C[C@H]1Oc1nc(NC2CNC2)c2cc(Cl)c(-c3ccc(F)c4sc(N)nc34)c(F)c2n1. The molecule has 4 aromatic rings. The van der Waals surface area contributed by atoms with Crippen molar-refractivity contribution in [2.24, 2.45) is 0 Å². The third-order valence-electron chi connectivity index (χ3n) is 6.72. The number of likely N-dealkylation sites (N-methyl/N-ethyl adjacent to an activating group) is 1. The van der Waals surface area contributed by atoms with E-state index in [-0.39, 0.29) is 55.7 Å². The number of thiazole rings is 1. The van der Waals surface area contributed by atoms with E-state index in [1.54, 1.807) is 13.2 Å². The second-order valence-electron chi connectivity index (χ2n) is 9.27. The second-order valence-corrected chi connectivity index (χ2v) is 10.7. The van der Waals surface area contributed by atoms with Crippen LogP contribution in [0, 0.1) is 11.6 Å². The molecule has 2 aromatic heterocycles. The Labute approximate surface area is 219 Å². The van der Waals surface area contributed by atoms with E-state index in [4.69, 9.17) is 26.8 Å². The van der Waals surface area contributed by atoms with Gasteiger partial charge in [0.1, 0.15) is 29.4 Å². The number of nitrogens with two attached hydrogens (primary N) is 1. The average molecular weight is 548 g/mol. The van der Waals surface area contributed by atoms with E-state index < -0.39 is 11.6 Å². The van der Waals surface area contributed by atoms with Gasteiger partial charge in [-0.05, 0) is 25.2 Å². The van der Waals surface area contributed by atoms with Crippen LogP contribution in [0.5, 0.6) is 6.01 Å². The topological polar surface area (TPSA) is 110 Å². The zero-order valence-electron chi connectivity index (χ0n) is 20.0. The Morgan fingerprint density at radius 1 is 1.16 bits per heavy atom. The summed E-state index contributed by atoms with van der Waals surface area (Å²) in [6.07, 6.45) is -0.500. The average Bonchev–Trinajstić information content (AvgIpc) is 3.40. The number of fused-ring (bicyclic) bond motifs is 2. The smallest absolute Gasteiger partial charge is 0.319 e. The van der Waals surface area contributed by atoms with E-state index in [0.29, 0.717) is 29.9 Å². The van der Waals surface area contributed by atoms with Gasteiger partial charge in [-0.2, -0.15) is 9.97 Å². The molecule has 0 amide bonds. The quantitative estimate of drug-likeness (QED) is 0.334. The molecule has 6 rings (SSSR count). The van der Waals surface area contributed by atoms with E-state index in [1.165, 1.54) is 12.1 Å². The van der Waals surface area contributed by atoms with Crippen molar-refractivity contribution in [2.45, 2.75) is 18.2 Å². The van der Waals surface area contributed by atoms with Crippen LogP contribution in [-0.2, 0) is 4.74 Å². The third kappa shape index (κ3) is 4.32. The summed E-state index contributed by atoms with van der Waals surface area (Å²) in [5.74, 6) is -0.754. The van der Waals surface area contributed by atoms with Crippen molar-refractivity contribution < 1.29 is 18.3 Å². The molecule has 0 bridgehead atoms. The molecule has 9 nitrogen and oxygen atoms in total. The summed E-state index contributed by atoms with van der Waals surface area (Å²) in [6, 6.07) is 4.45. The summed E-state index contributed by atoms with van der Waals surface area (Å²) < 4.78 is 42.7. The van der Waals surface area contributed by atoms with E-state index in [1.807, 2.05) is 7.05 Å².